The smallest absolute Gasteiger partial charge is 0.317 e. The monoisotopic (exact) mass is 265 g/mol. The molecular weight excluding hydrogens is 248 g/mol. The van der Waals surface area contributed by atoms with E-state index in [2.05, 4.69) is 22.5 Å². The van der Waals surface area contributed by atoms with Crippen LogP contribution in [0.25, 0.3) is 11.0 Å². The van der Waals surface area contributed by atoms with Crippen LogP contribution in [0.5, 0.6) is 0 Å². The zero-order valence-electron chi connectivity index (χ0n) is 10.5. The lowest BCUT2D eigenvalue weighted by atomic mass is 10.3. The van der Waals surface area contributed by atoms with Crippen LogP contribution >= 0.6 is 11.8 Å². The van der Waals surface area contributed by atoms with E-state index < -0.39 is 11.2 Å². The molecule has 1 aromatic heterocycles. The first-order chi connectivity index (χ1) is 8.63. The zero-order valence-corrected chi connectivity index (χ0v) is 11.3. The van der Waals surface area contributed by atoms with E-state index in [4.69, 9.17) is 5.11 Å². The van der Waals surface area contributed by atoms with Crippen LogP contribution in [0.1, 0.15) is 20.3 Å². The zero-order chi connectivity index (χ0) is 13.1. The first-order valence-electron chi connectivity index (χ1n) is 6.03. The molecule has 5 heteroatoms. The molecule has 0 radical (unpaired) electrons. The second-order valence-electron chi connectivity index (χ2n) is 4.20. The molecule has 96 valence electrons. The summed E-state index contributed by atoms with van der Waals surface area (Å²) in [5, 5.41) is 9.45. The summed E-state index contributed by atoms with van der Waals surface area (Å²) in [4.78, 5) is 14.2. The predicted molar refractivity (Wildman–Crippen MR) is 71.7 cm³/mol. The summed E-state index contributed by atoms with van der Waals surface area (Å²) in [6, 6.07) is 8.04. The molecule has 0 unspecified atom stereocenters. The normalized spacial score (nSPS) is 12.8. The topological polar surface area (TPSA) is 57.0 Å². The third kappa shape index (κ3) is 2.51. The fraction of sp³-hybridized carbons (Fsp3) is 0.385. The van der Waals surface area contributed by atoms with Gasteiger partial charge in [0, 0.05) is 0 Å². The van der Waals surface area contributed by atoms with Crippen molar-refractivity contribution >= 4 is 28.8 Å². The number of hydrogen-bond acceptors (Lipinski definition) is 2. The van der Waals surface area contributed by atoms with E-state index in [1.807, 2.05) is 18.2 Å². The number of benzene rings is 1. The Kier molecular flexibility index (Phi) is 3.91. The maximum absolute atomic E-state index is 10.9. The van der Waals surface area contributed by atoms with Gasteiger partial charge in [0.25, 0.3) is 0 Å². The third-order valence-corrected chi connectivity index (χ3v) is 3.87. The number of thioether (sulfide) groups is 1. The number of carboxylic acids is 1. The highest BCUT2D eigenvalue weighted by Crippen LogP contribution is 2.22. The third-order valence-electron chi connectivity index (χ3n) is 2.76. The van der Waals surface area contributed by atoms with Gasteiger partial charge in [0.15, 0.2) is 11.0 Å². The number of nitrogens with zero attached hydrogens (tertiary/aromatic N) is 1. The van der Waals surface area contributed by atoms with Gasteiger partial charge in [-0.25, -0.2) is 9.55 Å². The van der Waals surface area contributed by atoms with Gasteiger partial charge in [-0.15, -0.1) is 0 Å². The van der Waals surface area contributed by atoms with Crippen LogP contribution in [0.4, 0.5) is 0 Å². The number of aryl methyl sites for hydroxylation is 1. The molecule has 1 atom stereocenters. The lowest BCUT2D eigenvalue weighted by molar-refractivity contribution is -0.708. The Labute approximate surface area is 110 Å². The number of imidazole rings is 1. The summed E-state index contributed by atoms with van der Waals surface area (Å²) in [6.07, 6.45) is 1.02. The lowest BCUT2D eigenvalue weighted by Gasteiger charge is -2.03. The number of aromatic amines is 1. The second kappa shape index (κ2) is 5.44. The Morgan fingerprint density at radius 1 is 1.50 bits per heavy atom. The number of H-pyrrole nitrogens is 1. The highest BCUT2D eigenvalue weighted by atomic mass is 32.2. The van der Waals surface area contributed by atoms with E-state index in [9.17, 15) is 4.79 Å². The van der Waals surface area contributed by atoms with Crippen molar-refractivity contribution in [3.8, 4) is 0 Å². The average molecular weight is 265 g/mol. The van der Waals surface area contributed by atoms with Gasteiger partial charge in [-0.05, 0) is 37.2 Å². The summed E-state index contributed by atoms with van der Waals surface area (Å²) in [5.41, 5.74) is 2.17. The molecule has 18 heavy (non-hydrogen) atoms. The van der Waals surface area contributed by atoms with Crippen molar-refractivity contribution in [1.82, 2.24) is 4.98 Å². The van der Waals surface area contributed by atoms with Crippen molar-refractivity contribution in [1.29, 1.82) is 0 Å². The van der Waals surface area contributed by atoms with Crippen molar-refractivity contribution in [2.24, 2.45) is 0 Å². The summed E-state index contributed by atoms with van der Waals surface area (Å²) >= 11 is 1.35. The minimum Gasteiger partial charge on any atom is -0.480 e. The maximum Gasteiger partial charge on any atom is 0.317 e. The van der Waals surface area contributed by atoms with Crippen LogP contribution < -0.4 is 4.57 Å². The van der Waals surface area contributed by atoms with Crippen molar-refractivity contribution in [2.45, 2.75) is 37.2 Å². The number of rotatable bonds is 5. The molecule has 4 nitrogen and oxygen atoms in total. The van der Waals surface area contributed by atoms with Crippen LogP contribution in [0.2, 0.25) is 0 Å². The Hall–Kier alpha value is -1.49. The molecule has 0 aliphatic carbocycles. The molecule has 0 saturated heterocycles. The molecule has 1 heterocycles. The summed E-state index contributed by atoms with van der Waals surface area (Å²) in [5.74, 6) is -0.790. The summed E-state index contributed by atoms with van der Waals surface area (Å²) < 4.78 is 2.15. The Morgan fingerprint density at radius 3 is 2.89 bits per heavy atom. The minimum atomic E-state index is -0.790. The number of carboxylic acid groups (broad SMARTS) is 1. The first kappa shape index (κ1) is 13.0. The molecule has 0 bridgehead atoms. The number of hydrogen-bond donors (Lipinski definition) is 2. The van der Waals surface area contributed by atoms with Gasteiger partial charge >= 0.3 is 11.1 Å². The van der Waals surface area contributed by atoms with E-state index in [0.29, 0.717) is 0 Å². The molecule has 0 aliphatic heterocycles. The SMILES string of the molecule is CCC[n+]1c(S[C@@H](C)C(=O)O)[nH]c2ccccc21. The van der Waals surface area contributed by atoms with Gasteiger partial charge in [0.2, 0.25) is 0 Å². The average Bonchev–Trinajstić information content (AvgIpc) is 2.68. The predicted octanol–water partition coefficient (Wildman–Crippen LogP) is 2.43. The molecule has 0 spiro atoms. The molecule has 2 aromatic rings. The largest absolute Gasteiger partial charge is 0.480 e. The summed E-state index contributed by atoms with van der Waals surface area (Å²) in [6.45, 7) is 4.71. The maximum atomic E-state index is 10.9. The van der Waals surface area contributed by atoms with Gasteiger partial charge in [0.05, 0.1) is 6.54 Å². The number of nitrogens with one attached hydrogen (secondary N) is 1. The molecule has 2 rings (SSSR count). The fourth-order valence-electron chi connectivity index (χ4n) is 1.86. The molecule has 0 amide bonds. The van der Waals surface area contributed by atoms with Crippen molar-refractivity contribution in [3.63, 3.8) is 0 Å². The quantitative estimate of drug-likeness (QED) is 0.645. The second-order valence-corrected chi connectivity index (χ2v) is 5.53. The van der Waals surface area contributed by atoms with Crippen LogP contribution in [0.15, 0.2) is 29.4 Å². The van der Waals surface area contributed by atoms with E-state index in [1.54, 1.807) is 6.92 Å². The van der Waals surface area contributed by atoms with Gasteiger partial charge in [-0.2, -0.15) is 0 Å². The highest BCUT2D eigenvalue weighted by Gasteiger charge is 2.23. The molecule has 0 saturated carbocycles. The summed E-state index contributed by atoms with van der Waals surface area (Å²) in [7, 11) is 0. The van der Waals surface area contributed by atoms with Crippen molar-refractivity contribution < 1.29 is 14.5 Å². The first-order valence-corrected chi connectivity index (χ1v) is 6.91. The van der Waals surface area contributed by atoms with Crippen LogP contribution in [0.3, 0.4) is 0 Å². The van der Waals surface area contributed by atoms with E-state index in [0.717, 1.165) is 29.2 Å². The molecule has 1 aromatic carbocycles. The van der Waals surface area contributed by atoms with Crippen molar-refractivity contribution in [3.05, 3.63) is 24.3 Å². The Balaban J connectivity index is 2.42. The van der Waals surface area contributed by atoms with Crippen LogP contribution in [-0.2, 0) is 11.3 Å². The number of aliphatic carboxylic acids is 1. The lowest BCUT2D eigenvalue weighted by Crippen LogP contribution is -2.35. The number of para-hydroxylation sites is 2. The standard InChI is InChI=1S/C13H16N2O2S/c1-3-8-15-11-7-5-4-6-10(11)14-13(15)18-9(2)12(16)17/h4-7,9H,3,8H2,1-2H3,(H,16,17)/p+1/t9-/m0/s1. The highest BCUT2D eigenvalue weighted by molar-refractivity contribution is 8.00. The Bertz CT molecular complexity index is 565. The van der Waals surface area contributed by atoms with Crippen molar-refractivity contribution in [2.75, 3.05) is 0 Å². The minimum absolute atomic E-state index is 0.457. The van der Waals surface area contributed by atoms with E-state index in [1.165, 1.54) is 11.8 Å². The van der Waals surface area contributed by atoms with Gasteiger partial charge in [-0.1, -0.05) is 19.1 Å². The molecular formula is C13H17N2O2S+. The van der Waals surface area contributed by atoms with Gasteiger partial charge in [-0.3, -0.25) is 4.79 Å². The van der Waals surface area contributed by atoms with Crippen LogP contribution in [-0.4, -0.2) is 21.3 Å². The van der Waals surface area contributed by atoms with E-state index >= 15 is 0 Å². The fourth-order valence-corrected chi connectivity index (χ4v) is 2.78. The molecule has 2 N–H and O–H groups in total. The van der Waals surface area contributed by atoms with Crippen LogP contribution in [0, 0.1) is 0 Å². The molecule has 0 aliphatic rings. The van der Waals surface area contributed by atoms with Gasteiger partial charge in [0.1, 0.15) is 5.25 Å². The van der Waals surface area contributed by atoms with Gasteiger partial charge < -0.3 is 5.11 Å². The number of aromatic nitrogens is 2. The van der Waals surface area contributed by atoms with E-state index in [-0.39, 0.29) is 0 Å². The Morgan fingerprint density at radius 2 is 2.22 bits per heavy atom. The number of carbonyl (C=O) groups is 1. The molecule has 0 fully saturated rings. The number of fused-ring (bicyclic) bond motifs is 1.